The highest BCUT2D eigenvalue weighted by molar-refractivity contribution is 9.10. The summed E-state index contributed by atoms with van der Waals surface area (Å²) in [4.78, 5) is 22.2. The fraction of sp³-hybridized carbons (Fsp3) is 0.200. The first-order valence-electron chi connectivity index (χ1n) is 4.24. The normalized spacial score (nSPS) is 9.47. The summed E-state index contributed by atoms with van der Waals surface area (Å²) in [5.74, 6) is -0.165. The number of halogens is 1. The molecule has 5 heteroatoms. The third-order valence-electron chi connectivity index (χ3n) is 1.73. The average Bonchev–Trinajstić information content (AvgIpc) is 2.25. The molecule has 1 aromatic rings. The number of ketones is 1. The van der Waals surface area contributed by atoms with Gasteiger partial charge in [0, 0.05) is 10.0 Å². The summed E-state index contributed by atoms with van der Waals surface area (Å²) in [6.45, 7) is -0.0663. The second kappa shape index (κ2) is 5.50. The van der Waals surface area contributed by atoms with Crippen LogP contribution < -0.4 is 5.32 Å². The smallest absolute Gasteiger partial charge is 0.407 e. The highest BCUT2D eigenvalue weighted by Crippen LogP contribution is 2.11. The van der Waals surface area contributed by atoms with Crippen molar-refractivity contribution < 1.29 is 14.3 Å². The molecule has 0 fully saturated rings. The Morgan fingerprint density at radius 2 is 2.20 bits per heavy atom. The quantitative estimate of drug-likeness (QED) is 0.856. The fourth-order valence-electron chi connectivity index (χ4n) is 0.989. The SMILES string of the molecule is COC(=O)NCC(=O)c1cccc(Br)c1. The van der Waals surface area contributed by atoms with Crippen molar-refractivity contribution in [2.45, 2.75) is 0 Å². The van der Waals surface area contributed by atoms with Gasteiger partial charge in [-0.25, -0.2) is 4.79 Å². The zero-order valence-electron chi connectivity index (χ0n) is 8.12. The van der Waals surface area contributed by atoms with Crippen molar-refractivity contribution >= 4 is 27.8 Å². The first-order valence-corrected chi connectivity index (χ1v) is 5.03. The van der Waals surface area contributed by atoms with Crippen molar-refractivity contribution in [3.8, 4) is 0 Å². The van der Waals surface area contributed by atoms with Crippen molar-refractivity contribution in [2.24, 2.45) is 0 Å². The lowest BCUT2D eigenvalue weighted by Gasteiger charge is -2.03. The van der Waals surface area contributed by atoms with Crippen LogP contribution in [0.1, 0.15) is 10.4 Å². The van der Waals surface area contributed by atoms with Gasteiger partial charge in [0.15, 0.2) is 5.78 Å². The van der Waals surface area contributed by atoms with Gasteiger partial charge in [-0.15, -0.1) is 0 Å². The Morgan fingerprint density at radius 1 is 1.47 bits per heavy atom. The molecular weight excluding hydrogens is 262 g/mol. The Morgan fingerprint density at radius 3 is 2.80 bits per heavy atom. The van der Waals surface area contributed by atoms with E-state index in [9.17, 15) is 9.59 Å². The van der Waals surface area contributed by atoms with Gasteiger partial charge in [0.25, 0.3) is 0 Å². The fourth-order valence-corrected chi connectivity index (χ4v) is 1.39. The highest BCUT2D eigenvalue weighted by Gasteiger charge is 2.07. The molecule has 0 aromatic heterocycles. The molecule has 1 N–H and O–H groups in total. The van der Waals surface area contributed by atoms with E-state index in [0.717, 1.165) is 4.47 Å². The standard InChI is InChI=1S/C10H10BrNO3/c1-15-10(14)12-6-9(13)7-3-2-4-8(11)5-7/h2-5H,6H2,1H3,(H,12,14). The van der Waals surface area contributed by atoms with Crippen LogP contribution in [-0.2, 0) is 4.74 Å². The van der Waals surface area contributed by atoms with Gasteiger partial charge in [0.1, 0.15) is 0 Å². The summed E-state index contributed by atoms with van der Waals surface area (Å²) >= 11 is 3.26. The van der Waals surface area contributed by atoms with E-state index < -0.39 is 6.09 Å². The number of benzene rings is 1. The van der Waals surface area contributed by atoms with Gasteiger partial charge in [-0.05, 0) is 12.1 Å². The molecule has 0 aliphatic heterocycles. The van der Waals surface area contributed by atoms with E-state index >= 15 is 0 Å². The largest absolute Gasteiger partial charge is 0.453 e. The van der Waals surface area contributed by atoms with Crippen LogP contribution in [0.15, 0.2) is 28.7 Å². The number of hydrogen-bond donors (Lipinski definition) is 1. The average molecular weight is 272 g/mol. The van der Waals surface area contributed by atoms with Crippen molar-refractivity contribution in [3.05, 3.63) is 34.3 Å². The summed E-state index contributed by atoms with van der Waals surface area (Å²) in [7, 11) is 1.25. The summed E-state index contributed by atoms with van der Waals surface area (Å²) in [5.41, 5.74) is 0.542. The third kappa shape index (κ3) is 3.71. The van der Waals surface area contributed by atoms with Gasteiger partial charge in [-0.3, -0.25) is 4.79 Å². The van der Waals surface area contributed by atoms with Gasteiger partial charge in [0.05, 0.1) is 13.7 Å². The summed E-state index contributed by atoms with van der Waals surface area (Å²) in [6, 6.07) is 6.97. The topological polar surface area (TPSA) is 55.4 Å². The predicted octanol–water partition coefficient (Wildman–Crippen LogP) is 1.99. The van der Waals surface area contributed by atoms with Crippen LogP contribution in [-0.4, -0.2) is 25.5 Å². The first kappa shape index (κ1) is 11.7. The zero-order valence-corrected chi connectivity index (χ0v) is 9.71. The molecule has 0 aliphatic rings. The Balaban J connectivity index is 2.58. The van der Waals surface area contributed by atoms with Gasteiger partial charge in [-0.1, -0.05) is 28.1 Å². The van der Waals surface area contributed by atoms with Crippen LogP contribution in [0.4, 0.5) is 4.79 Å². The van der Waals surface area contributed by atoms with Crippen LogP contribution in [0.25, 0.3) is 0 Å². The molecule has 0 saturated heterocycles. The molecule has 15 heavy (non-hydrogen) atoms. The van der Waals surface area contributed by atoms with Crippen LogP contribution >= 0.6 is 15.9 Å². The summed E-state index contributed by atoms with van der Waals surface area (Å²) in [5, 5.41) is 2.32. The summed E-state index contributed by atoms with van der Waals surface area (Å²) < 4.78 is 5.17. The monoisotopic (exact) mass is 271 g/mol. The van der Waals surface area contributed by atoms with E-state index in [1.807, 2.05) is 6.07 Å². The molecule has 1 amide bonds. The maximum Gasteiger partial charge on any atom is 0.407 e. The molecule has 0 spiro atoms. The zero-order chi connectivity index (χ0) is 11.3. The number of carbonyl (C=O) groups excluding carboxylic acids is 2. The van der Waals surface area contributed by atoms with Gasteiger partial charge >= 0.3 is 6.09 Å². The highest BCUT2D eigenvalue weighted by atomic mass is 79.9. The number of Topliss-reactive ketones (excluding diaryl/α,β-unsaturated/α-hetero) is 1. The van der Waals surface area contributed by atoms with Gasteiger partial charge in [0.2, 0.25) is 0 Å². The van der Waals surface area contributed by atoms with E-state index in [1.54, 1.807) is 18.2 Å². The molecule has 0 saturated carbocycles. The molecule has 0 aliphatic carbocycles. The molecule has 1 aromatic carbocycles. The molecule has 0 heterocycles. The predicted molar refractivity (Wildman–Crippen MR) is 58.9 cm³/mol. The molecule has 0 unspecified atom stereocenters. The van der Waals surface area contributed by atoms with Crippen LogP contribution in [0, 0.1) is 0 Å². The number of alkyl carbamates (subject to hydrolysis) is 1. The van der Waals surface area contributed by atoms with Gasteiger partial charge < -0.3 is 10.1 Å². The lowest BCUT2D eigenvalue weighted by atomic mass is 10.1. The minimum atomic E-state index is -0.613. The molecule has 80 valence electrons. The molecule has 0 bridgehead atoms. The van der Waals surface area contributed by atoms with E-state index in [-0.39, 0.29) is 12.3 Å². The minimum absolute atomic E-state index is 0.0663. The second-order valence-electron chi connectivity index (χ2n) is 2.78. The number of ether oxygens (including phenoxy) is 1. The summed E-state index contributed by atoms with van der Waals surface area (Å²) in [6.07, 6.45) is -0.613. The Labute approximate surface area is 95.7 Å². The molecule has 4 nitrogen and oxygen atoms in total. The number of carbonyl (C=O) groups is 2. The van der Waals surface area contributed by atoms with Crippen molar-refractivity contribution in [2.75, 3.05) is 13.7 Å². The van der Waals surface area contributed by atoms with Gasteiger partial charge in [-0.2, -0.15) is 0 Å². The van der Waals surface area contributed by atoms with Crippen LogP contribution in [0.3, 0.4) is 0 Å². The number of rotatable bonds is 3. The Hall–Kier alpha value is -1.36. The van der Waals surface area contributed by atoms with E-state index in [4.69, 9.17) is 0 Å². The van der Waals surface area contributed by atoms with E-state index in [0.29, 0.717) is 5.56 Å². The third-order valence-corrected chi connectivity index (χ3v) is 2.22. The maximum atomic E-state index is 11.5. The molecule has 0 atom stereocenters. The molecule has 0 radical (unpaired) electrons. The van der Waals surface area contributed by atoms with Crippen LogP contribution in [0.5, 0.6) is 0 Å². The second-order valence-corrected chi connectivity index (χ2v) is 3.69. The maximum absolute atomic E-state index is 11.5. The Kier molecular flexibility index (Phi) is 4.30. The van der Waals surface area contributed by atoms with Crippen molar-refractivity contribution in [1.29, 1.82) is 0 Å². The van der Waals surface area contributed by atoms with E-state index in [1.165, 1.54) is 7.11 Å². The Bertz CT molecular complexity index is 379. The number of methoxy groups -OCH3 is 1. The number of hydrogen-bond acceptors (Lipinski definition) is 3. The van der Waals surface area contributed by atoms with Crippen molar-refractivity contribution in [1.82, 2.24) is 5.32 Å². The number of nitrogens with one attached hydrogen (secondary N) is 1. The van der Waals surface area contributed by atoms with Crippen LogP contribution in [0.2, 0.25) is 0 Å². The van der Waals surface area contributed by atoms with Crippen molar-refractivity contribution in [3.63, 3.8) is 0 Å². The minimum Gasteiger partial charge on any atom is -0.453 e. The number of amides is 1. The lowest BCUT2D eigenvalue weighted by molar-refractivity contribution is 0.0983. The molecular formula is C10H10BrNO3. The molecule has 1 rings (SSSR count). The van der Waals surface area contributed by atoms with E-state index in [2.05, 4.69) is 26.0 Å². The lowest BCUT2D eigenvalue weighted by Crippen LogP contribution is -2.29. The first-order chi connectivity index (χ1) is 7.13.